The minimum absolute atomic E-state index is 0.127. The Bertz CT molecular complexity index is 816. The third kappa shape index (κ3) is 4.52. The molecule has 2 aromatic carbocycles. The predicted molar refractivity (Wildman–Crippen MR) is 118 cm³/mol. The highest BCUT2D eigenvalue weighted by Gasteiger charge is 2.42. The lowest BCUT2D eigenvalue weighted by Crippen LogP contribution is -2.50. The van der Waals surface area contributed by atoms with Crippen LogP contribution in [0.5, 0.6) is 5.75 Å². The lowest BCUT2D eigenvalue weighted by Gasteiger charge is -2.37. The summed E-state index contributed by atoms with van der Waals surface area (Å²) >= 11 is 0. The van der Waals surface area contributed by atoms with Gasteiger partial charge in [0, 0.05) is 32.3 Å². The summed E-state index contributed by atoms with van der Waals surface area (Å²) in [6, 6.07) is 18.9. The molecule has 1 unspecified atom stereocenters. The maximum atomic E-state index is 13.5. The zero-order chi connectivity index (χ0) is 20.8. The van der Waals surface area contributed by atoms with E-state index in [0.717, 1.165) is 30.8 Å². The molecular formula is C25H32N2O3. The van der Waals surface area contributed by atoms with E-state index in [1.54, 1.807) is 7.11 Å². The number of carbonyl (C=O) groups is 1. The standard InChI is InChI=1S/C25H32N2O3/c1-29-23-11-9-21(10-12-23)25(13-16-30-17-14-25)24(28)26-18-22-8-5-15-27(22)19-20-6-3-2-4-7-20/h2-4,6-7,9-12,22H,5,8,13-19H2,1H3,(H,26,28). The quantitative estimate of drug-likeness (QED) is 0.762. The number of methoxy groups -OCH3 is 1. The summed E-state index contributed by atoms with van der Waals surface area (Å²) < 4.78 is 10.9. The molecule has 2 heterocycles. The first-order valence-corrected chi connectivity index (χ1v) is 11.0. The van der Waals surface area contributed by atoms with Gasteiger partial charge in [0.1, 0.15) is 5.75 Å². The third-order valence-electron chi connectivity index (χ3n) is 6.65. The van der Waals surface area contributed by atoms with Gasteiger partial charge in [-0.25, -0.2) is 0 Å². The van der Waals surface area contributed by atoms with Crippen molar-refractivity contribution in [1.29, 1.82) is 0 Å². The van der Waals surface area contributed by atoms with Crippen LogP contribution in [-0.2, 0) is 21.5 Å². The summed E-state index contributed by atoms with van der Waals surface area (Å²) in [5, 5.41) is 3.31. The highest BCUT2D eigenvalue weighted by atomic mass is 16.5. The minimum Gasteiger partial charge on any atom is -0.497 e. The first-order valence-electron chi connectivity index (χ1n) is 11.0. The van der Waals surface area contributed by atoms with Crippen LogP contribution in [0.15, 0.2) is 54.6 Å². The summed E-state index contributed by atoms with van der Waals surface area (Å²) in [5.74, 6) is 0.936. The first kappa shape index (κ1) is 20.9. The third-order valence-corrected chi connectivity index (χ3v) is 6.65. The molecule has 160 valence electrons. The van der Waals surface area contributed by atoms with Crippen LogP contribution in [0.3, 0.4) is 0 Å². The van der Waals surface area contributed by atoms with Crippen LogP contribution in [-0.4, -0.2) is 50.3 Å². The topological polar surface area (TPSA) is 50.8 Å². The van der Waals surface area contributed by atoms with E-state index < -0.39 is 5.41 Å². The number of hydrogen-bond acceptors (Lipinski definition) is 4. The Morgan fingerprint density at radius 1 is 1.13 bits per heavy atom. The lowest BCUT2D eigenvalue weighted by molar-refractivity contribution is -0.130. The molecule has 1 atom stereocenters. The Morgan fingerprint density at radius 2 is 1.87 bits per heavy atom. The second-order valence-corrected chi connectivity index (χ2v) is 8.39. The number of amides is 1. The average Bonchev–Trinajstić information content (AvgIpc) is 3.25. The molecular weight excluding hydrogens is 376 g/mol. The van der Waals surface area contributed by atoms with Crippen LogP contribution < -0.4 is 10.1 Å². The second kappa shape index (κ2) is 9.63. The molecule has 2 aromatic rings. The van der Waals surface area contributed by atoms with E-state index in [9.17, 15) is 4.79 Å². The number of likely N-dealkylation sites (tertiary alicyclic amines) is 1. The van der Waals surface area contributed by atoms with E-state index in [-0.39, 0.29) is 5.91 Å². The van der Waals surface area contributed by atoms with Crippen molar-refractivity contribution in [3.63, 3.8) is 0 Å². The van der Waals surface area contributed by atoms with Gasteiger partial charge >= 0.3 is 0 Å². The Balaban J connectivity index is 1.43. The van der Waals surface area contributed by atoms with Crippen molar-refractivity contribution in [2.75, 3.05) is 33.4 Å². The van der Waals surface area contributed by atoms with Crippen LogP contribution in [0.4, 0.5) is 0 Å². The van der Waals surface area contributed by atoms with Crippen LogP contribution in [0.1, 0.15) is 36.8 Å². The molecule has 2 aliphatic heterocycles. The maximum absolute atomic E-state index is 13.5. The molecule has 2 saturated heterocycles. The fourth-order valence-electron chi connectivity index (χ4n) is 4.81. The fraction of sp³-hybridized carbons (Fsp3) is 0.480. The normalized spacial score (nSPS) is 21.3. The smallest absolute Gasteiger partial charge is 0.230 e. The summed E-state index contributed by atoms with van der Waals surface area (Å²) in [7, 11) is 1.66. The fourth-order valence-corrected chi connectivity index (χ4v) is 4.81. The summed E-state index contributed by atoms with van der Waals surface area (Å²) in [4.78, 5) is 16.0. The molecule has 0 bridgehead atoms. The van der Waals surface area contributed by atoms with Crippen molar-refractivity contribution in [3.05, 3.63) is 65.7 Å². The largest absolute Gasteiger partial charge is 0.497 e. The van der Waals surface area contributed by atoms with Crippen LogP contribution in [0.2, 0.25) is 0 Å². The molecule has 0 aliphatic carbocycles. The lowest BCUT2D eigenvalue weighted by atomic mass is 9.73. The number of ether oxygens (including phenoxy) is 2. The van der Waals surface area contributed by atoms with Gasteiger partial charge in [0.15, 0.2) is 0 Å². The minimum atomic E-state index is -0.520. The maximum Gasteiger partial charge on any atom is 0.230 e. The van der Waals surface area contributed by atoms with Gasteiger partial charge in [-0.15, -0.1) is 0 Å². The average molecular weight is 409 g/mol. The number of nitrogens with zero attached hydrogens (tertiary/aromatic N) is 1. The molecule has 0 radical (unpaired) electrons. The molecule has 5 heteroatoms. The number of hydrogen-bond donors (Lipinski definition) is 1. The zero-order valence-corrected chi connectivity index (χ0v) is 17.8. The number of nitrogens with one attached hydrogen (secondary N) is 1. The molecule has 2 fully saturated rings. The van der Waals surface area contributed by atoms with E-state index in [1.165, 1.54) is 12.0 Å². The molecule has 0 aromatic heterocycles. The Labute approximate surface area is 179 Å². The predicted octanol–water partition coefficient (Wildman–Crippen LogP) is 3.52. The molecule has 5 nitrogen and oxygen atoms in total. The van der Waals surface area contributed by atoms with Gasteiger partial charge in [0.2, 0.25) is 5.91 Å². The molecule has 4 rings (SSSR count). The van der Waals surface area contributed by atoms with Gasteiger partial charge < -0.3 is 14.8 Å². The SMILES string of the molecule is COc1ccc(C2(C(=O)NCC3CCCN3Cc3ccccc3)CCOCC2)cc1. The van der Waals surface area contributed by atoms with Gasteiger partial charge in [-0.2, -0.15) is 0 Å². The molecule has 30 heavy (non-hydrogen) atoms. The summed E-state index contributed by atoms with van der Waals surface area (Å²) in [5.41, 5.74) is 1.86. The van der Waals surface area contributed by atoms with E-state index in [2.05, 4.69) is 40.5 Å². The van der Waals surface area contributed by atoms with Crippen LogP contribution in [0.25, 0.3) is 0 Å². The molecule has 1 amide bonds. The van der Waals surface area contributed by atoms with Gasteiger partial charge in [0.05, 0.1) is 12.5 Å². The molecule has 2 aliphatic rings. The second-order valence-electron chi connectivity index (χ2n) is 8.39. The van der Waals surface area contributed by atoms with Crippen LogP contribution in [0, 0.1) is 0 Å². The van der Waals surface area contributed by atoms with Gasteiger partial charge in [0.25, 0.3) is 0 Å². The van der Waals surface area contributed by atoms with Crippen molar-refractivity contribution in [1.82, 2.24) is 10.2 Å². The molecule has 1 N–H and O–H groups in total. The van der Waals surface area contributed by atoms with Crippen molar-refractivity contribution in [2.45, 2.75) is 43.7 Å². The van der Waals surface area contributed by atoms with Gasteiger partial charge in [-0.05, 0) is 55.5 Å². The Kier molecular flexibility index (Phi) is 6.70. The van der Waals surface area contributed by atoms with E-state index in [1.807, 2.05) is 24.3 Å². The van der Waals surface area contributed by atoms with Gasteiger partial charge in [-0.1, -0.05) is 42.5 Å². The first-order chi connectivity index (χ1) is 14.7. The van der Waals surface area contributed by atoms with E-state index >= 15 is 0 Å². The Hall–Kier alpha value is -2.37. The van der Waals surface area contributed by atoms with Crippen molar-refractivity contribution in [3.8, 4) is 5.75 Å². The zero-order valence-electron chi connectivity index (χ0n) is 17.8. The highest BCUT2D eigenvalue weighted by Crippen LogP contribution is 2.36. The Morgan fingerprint density at radius 3 is 2.57 bits per heavy atom. The summed E-state index contributed by atoms with van der Waals surface area (Å²) in [6.07, 6.45) is 3.74. The summed E-state index contributed by atoms with van der Waals surface area (Å²) in [6.45, 7) is 3.96. The van der Waals surface area contributed by atoms with Gasteiger partial charge in [-0.3, -0.25) is 9.69 Å². The number of rotatable bonds is 7. The monoisotopic (exact) mass is 408 g/mol. The van der Waals surface area contributed by atoms with Crippen molar-refractivity contribution < 1.29 is 14.3 Å². The van der Waals surface area contributed by atoms with Crippen molar-refractivity contribution >= 4 is 5.91 Å². The highest BCUT2D eigenvalue weighted by molar-refractivity contribution is 5.88. The molecule has 0 spiro atoms. The van der Waals surface area contributed by atoms with Crippen molar-refractivity contribution in [2.24, 2.45) is 0 Å². The number of benzene rings is 2. The van der Waals surface area contributed by atoms with E-state index in [4.69, 9.17) is 9.47 Å². The van der Waals surface area contributed by atoms with Crippen LogP contribution >= 0.6 is 0 Å². The van der Waals surface area contributed by atoms with E-state index in [0.29, 0.717) is 38.6 Å². The number of carbonyl (C=O) groups excluding carboxylic acids is 1. The molecule has 0 saturated carbocycles.